The third-order valence-electron chi connectivity index (χ3n) is 4.62. The summed E-state index contributed by atoms with van der Waals surface area (Å²) in [6.07, 6.45) is 1.97. The summed E-state index contributed by atoms with van der Waals surface area (Å²) in [7, 11) is 0. The molecule has 1 amide bonds. The SMILES string of the molecule is CC(C)(C)CC(=O)Nc1nc2c(cc1F)N(Cc1ccc(C#N)cc1)CCC2. The molecule has 0 saturated carbocycles. The second-order valence-electron chi connectivity index (χ2n) is 8.40. The lowest BCUT2D eigenvalue weighted by molar-refractivity contribution is -0.117. The number of nitrogens with one attached hydrogen (secondary N) is 1. The summed E-state index contributed by atoms with van der Waals surface area (Å²) in [5.74, 6) is -0.745. The normalized spacial score (nSPS) is 13.6. The van der Waals surface area contributed by atoms with Gasteiger partial charge in [0.25, 0.3) is 0 Å². The Kier molecular flexibility index (Phi) is 5.64. The number of hydrogen-bond donors (Lipinski definition) is 1. The van der Waals surface area contributed by atoms with Gasteiger partial charge in [0.2, 0.25) is 5.91 Å². The first-order chi connectivity index (χ1) is 13.2. The molecule has 0 bridgehead atoms. The van der Waals surface area contributed by atoms with Crippen LogP contribution in [0.4, 0.5) is 15.9 Å². The lowest BCUT2D eigenvalue weighted by atomic mass is 9.92. The molecule has 146 valence electrons. The maximum atomic E-state index is 14.6. The fourth-order valence-corrected chi connectivity index (χ4v) is 3.35. The van der Waals surface area contributed by atoms with E-state index in [1.54, 1.807) is 12.1 Å². The molecule has 1 aliphatic rings. The van der Waals surface area contributed by atoms with Gasteiger partial charge in [0.1, 0.15) is 0 Å². The number of halogens is 1. The van der Waals surface area contributed by atoms with E-state index in [1.165, 1.54) is 6.07 Å². The lowest BCUT2D eigenvalue weighted by Gasteiger charge is -2.31. The van der Waals surface area contributed by atoms with Crippen LogP contribution in [0, 0.1) is 22.6 Å². The second-order valence-corrected chi connectivity index (χ2v) is 8.40. The van der Waals surface area contributed by atoms with Gasteiger partial charge in [0.15, 0.2) is 11.6 Å². The average molecular weight is 380 g/mol. The van der Waals surface area contributed by atoms with Gasteiger partial charge in [-0.15, -0.1) is 0 Å². The Bertz CT molecular complexity index is 910. The van der Waals surface area contributed by atoms with Crippen molar-refractivity contribution in [3.05, 3.63) is 53.0 Å². The molecule has 0 radical (unpaired) electrons. The summed E-state index contributed by atoms with van der Waals surface area (Å²) in [6, 6.07) is 11.0. The average Bonchev–Trinajstić information content (AvgIpc) is 2.62. The van der Waals surface area contributed by atoms with Crippen LogP contribution in [-0.4, -0.2) is 17.4 Å². The first-order valence-electron chi connectivity index (χ1n) is 9.48. The maximum Gasteiger partial charge on any atom is 0.226 e. The molecule has 1 aromatic heterocycles. The molecule has 2 aromatic rings. The third kappa shape index (κ3) is 4.86. The summed E-state index contributed by atoms with van der Waals surface area (Å²) in [5, 5.41) is 11.5. The fourth-order valence-electron chi connectivity index (χ4n) is 3.35. The van der Waals surface area contributed by atoms with Crippen molar-refractivity contribution in [3.63, 3.8) is 0 Å². The van der Waals surface area contributed by atoms with E-state index in [2.05, 4.69) is 21.3 Å². The molecule has 1 aromatic carbocycles. The van der Waals surface area contributed by atoms with Crippen LogP contribution in [0.1, 0.15) is 50.4 Å². The van der Waals surface area contributed by atoms with Crippen LogP contribution in [0.3, 0.4) is 0 Å². The Morgan fingerprint density at radius 3 is 2.68 bits per heavy atom. The van der Waals surface area contributed by atoms with Gasteiger partial charge in [-0.3, -0.25) is 4.79 Å². The number of hydrogen-bond acceptors (Lipinski definition) is 4. The summed E-state index contributed by atoms with van der Waals surface area (Å²) in [6.45, 7) is 7.32. The monoisotopic (exact) mass is 380 g/mol. The molecular formula is C22H25FN4O. The minimum Gasteiger partial charge on any atom is -0.366 e. The minimum atomic E-state index is -0.521. The van der Waals surface area contributed by atoms with Crippen molar-refractivity contribution in [3.8, 4) is 6.07 Å². The van der Waals surface area contributed by atoms with Crippen molar-refractivity contribution in [2.45, 2.75) is 46.6 Å². The highest BCUT2D eigenvalue weighted by molar-refractivity contribution is 5.90. The number of pyridine rings is 1. The molecule has 1 aliphatic heterocycles. The van der Waals surface area contributed by atoms with E-state index >= 15 is 0 Å². The topological polar surface area (TPSA) is 69.0 Å². The van der Waals surface area contributed by atoms with Crippen LogP contribution in [0.5, 0.6) is 0 Å². The summed E-state index contributed by atoms with van der Waals surface area (Å²) in [4.78, 5) is 18.7. The largest absolute Gasteiger partial charge is 0.366 e. The number of nitrogens with zero attached hydrogens (tertiary/aromatic N) is 3. The van der Waals surface area contributed by atoms with E-state index < -0.39 is 5.82 Å². The van der Waals surface area contributed by atoms with Gasteiger partial charge >= 0.3 is 0 Å². The number of rotatable bonds is 4. The number of carbonyl (C=O) groups excluding carboxylic acids is 1. The molecule has 28 heavy (non-hydrogen) atoms. The minimum absolute atomic E-state index is 0.00761. The number of aromatic nitrogens is 1. The number of anilines is 2. The van der Waals surface area contributed by atoms with Crippen LogP contribution in [0.15, 0.2) is 30.3 Å². The van der Waals surface area contributed by atoms with Crippen LogP contribution in [0.25, 0.3) is 0 Å². The van der Waals surface area contributed by atoms with Crippen molar-refractivity contribution in [1.82, 2.24) is 4.98 Å². The smallest absolute Gasteiger partial charge is 0.226 e. The zero-order valence-electron chi connectivity index (χ0n) is 16.6. The summed E-state index contributed by atoms with van der Waals surface area (Å²) in [5.41, 5.74) is 3.06. The maximum absolute atomic E-state index is 14.6. The van der Waals surface area contributed by atoms with Crippen molar-refractivity contribution in [2.75, 3.05) is 16.8 Å². The van der Waals surface area contributed by atoms with Gasteiger partial charge in [0, 0.05) is 25.6 Å². The van der Waals surface area contributed by atoms with Gasteiger partial charge < -0.3 is 10.2 Å². The quantitative estimate of drug-likeness (QED) is 0.852. The molecule has 0 aliphatic carbocycles. The van der Waals surface area contributed by atoms with Crippen LogP contribution in [-0.2, 0) is 17.8 Å². The van der Waals surface area contributed by atoms with E-state index in [9.17, 15) is 9.18 Å². The van der Waals surface area contributed by atoms with Crippen LogP contribution >= 0.6 is 0 Å². The Hall–Kier alpha value is -2.94. The van der Waals surface area contributed by atoms with E-state index in [1.807, 2.05) is 32.9 Å². The molecule has 0 saturated heterocycles. The number of benzene rings is 1. The van der Waals surface area contributed by atoms with Gasteiger partial charge in [-0.25, -0.2) is 9.37 Å². The fraction of sp³-hybridized carbons (Fsp3) is 0.409. The third-order valence-corrected chi connectivity index (χ3v) is 4.62. The molecule has 0 unspecified atom stereocenters. The number of carbonyl (C=O) groups is 1. The Morgan fingerprint density at radius 2 is 2.04 bits per heavy atom. The molecule has 0 atom stereocenters. The number of aryl methyl sites for hydroxylation is 1. The van der Waals surface area contributed by atoms with E-state index in [4.69, 9.17) is 5.26 Å². The van der Waals surface area contributed by atoms with Crippen molar-refractivity contribution < 1.29 is 9.18 Å². The first-order valence-corrected chi connectivity index (χ1v) is 9.48. The summed E-state index contributed by atoms with van der Waals surface area (Å²) < 4.78 is 14.6. The molecule has 2 heterocycles. The van der Waals surface area contributed by atoms with Crippen molar-refractivity contribution >= 4 is 17.4 Å². The highest BCUT2D eigenvalue weighted by atomic mass is 19.1. The zero-order chi connectivity index (χ0) is 20.3. The molecule has 6 heteroatoms. The van der Waals surface area contributed by atoms with Crippen molar-refractivity contribution in [2.24, 2.45) is 5.41 Å². The zero-order valence-corrected chi connectivity index (χ0v) is 16.6. The molecule has 3 rings (SSSR count). The predicted molar refractivity (Wildman–Crippen MR) is 107 cm³/mol. The lowest BCUT2D eigenvalue weighted by Crippen LogP contribution is -2.30. The van der Waals surface area contributed by atoms with Gasteiger partial charge in [-0.05, 0) is 36.0 Å². The van der Waals surface area contributed by atoms with Gasteiger partial charge in [0.05, 0.1) is 23.0 Å². The Balaban J connectivity index is 1.79. The number of nitriles is 1. The Labute approximate surface area is 165 Å². The number of fused-ring (bicyclic) bond motifs is 1. The molecule has 0 fully saturated rings. The Morgan fingerprint density at radius 1 is 1.32 bits per heavy atom. The molecule has 0 spiro atoms. The summed E-state index contributed by atoms with van der Waals surface area (Å²) >= 11 is 0. The van der Waals surface area contributed by atoms with E-state index in [-0.39, 0.29) is 17.1 Å². The standard InChI is InChI=1S/C22H25FN4O/c1-22(2,3)12-20(28)26-21-17(23)11-19-18(25-21)5-4-10-27(19)14-16-8-6-15(13-24)7-9-16/h6-9,11H,4-5,10,12,14H2,1-3H3,(H,25,26,28). The van der Waals surface area contributed by atoms with E-state index in [0.29, 0.717) is 18.5 Å². The van der Waals surface area contributed by atoms with Crippen LogP contribution < -0.4 is 10.2 Å². The molecule has 5 nitrogen and oxygen atoms in total. The van der Waals surface area contributed by atoms with Gasteiger partial charge in [-0.2, -0.15) is 5.26 Å². The highest BCUT2D eigenvalue weighted by Gasteiger charge is 2.23. The molecule has 1 N–H and O–H groups in total. The van der Waals surface area contributed by atoms with Gasteiger partial charge in [-0.1, -0.05) is 32.9 Å². The van der Waals surface area contributed by atoms with Crippen molar-refractivity contribution in [1.29, 1.82) is 5.26 Å². The first kappa shape index (κ1) is 19.8. The predicted octanol–water partition coefficient (Wildman–Crippen LogP) is 4.42. The second kappa shape index (κ2) is 7.97. The van der Waals surface area contributed by atoms with Crippen LogP contribution in [0.2, 0.25) is 0 Å². The molecular weight excluding hydrogens is 355 g/mol. The highest BCUT2D eigenvalue weighted by Crippen LogP contribution is 2.31. The van der Waals surface area contributed by atoms with E-state index in [0.717, 1.165) is 36.3 Å². The number of amides is 1.